The van der Waals surface area contributed by atoms with Crippen LogP contribution in [0.15, 0.2) is 21.2 Å². The van der Waals surface area contributed by atoms with Gasteiger partial charge < -0.3 is 14.1 Å². The number of hydrogen-bond acceptors (Lipinski definition) is 6. The van der Waals surface area contributed by atoms with Crippen LogP contribution in [-0.2, 0) is 11.3 Å². The Labute approximate surface area is 154 Å². The fourth-order valence-corrected chi connectivity index (χ4v) is 2.84. The third-order valence-corrected chi connectivity index (χ3v) is 4.15. The number of amides is 1. The molecule has 3 heterocycles. The number of H-pyrrole nitrogens is 1. The first kappa shape index (κ1) is 17.9. The van der Waals surface area contributed by atoms with Crippen molar-refractivity contribution in [2.24, 2.45) is 0 Å². The molecule has 0 aromatic carbocycles. The molecule has 1 N–H and O–H groups in total. The van der Waals surface area contributed by atoms with Crippen molar-refractivity contribution in [3.63, 3.8) is 0 Å². The number of carbonyl (C=O) groups excluding carboxylic acids is 1. The number of carbonyl (C=O) groups is 1. The van der Waals surface area contributed by atoms with E-state index >= 15 is 0 Å². The molecular weight excluding hydrogens is 390 g/mol. The Hall–Kier alpha value is -1.87. The van der Waals surface area contributed by atoms with Crippen LogP contribution >= 0.6 is 15.9 Å². The van der Waals surface area contributed by atoms with Gasteiger partial charge in [-0.2, -0.15) is 0 Å². The zero-order valence-corrected chi connectivity index (χ0v) is 16.2. The molecule has 2 aromatic heterocycles. The van der Waals surface area contributed by atoms with Crippen LogP contribution in [0.3, 0.4) is 0 Å². The van der Waals surface area contributed by atoms with E-state index in [1.165, 1.54) is 0 Å². The van der Waals surface area contributed by atoms with E-state index in [1.54, 1.807) is 11.0 Å². The summed E-state index contributed by atoms with van der Waals surface area (Å²) < 4.78 is 11.5. The van der Waals surface area contributed by atoms with Gasteiger partial charge in [-0.25, -0.2) is 9.78 Å². The zero-order valence-electron chi connectivity index (χ0n) is 14.6. The lowest BCUT2D eigenvalue weighted by atomic mass is 10.2. The standard InChI is InChI=1S/C16H22BrN5O3/c1-16(2,3)25-15(23)22-8-6-21(7-9-22)10-13-18-14(20-19-13)11-4-5-12(17)24-11/h4-5H,6-10H2,1-3H3,(H,18,19,20). The number of hydrogen-bond donors (Lipinski definition) is 1. The largest absolute Gasteiger partial charge is 0.446 e. The Kier molecular flexibility index (Phi) is 5.14. The second-order valence-corrected chi connectivity index (χ2v) is 7.73. The van der Waals surface area contributed by atoms with Gasteiger partial charge in [0.15, 0.2) is 10.4 Å². The van der Waals surface area contributed by atoms with Gasteiger partial charge in [0.25, 0.3) is 0 Å². The smallest absolute Gasteiger partial charge is 0.410 e. The molecule has 25 heavy (non-hydrogen) atoms. The number of nitrogens with zero attached hydrogens (tertiary/aromatic N) is 4. The second-order valence-electron chi connectivity index (χ2n) is 6.95. The molecule has 9 heteroatoms. The minimum Gasteiger partial charge on any atom is -0.446 e. The first-order chi connectivity index (χ1) is 11.8. The van der Waals surface area contributed by atoms with Crippen molar-refractivity contribution >= 4 is 22.0 Å². The Balaban J connectivity index is 1.51. The van der Waals surface area contributed by atoms with E-state index in [4.69, 9.17) is 9.15 Å². The summed E-state index contributed by atoms with van der Waals surface area (Å²) in [7, 11) is 0. The summed E-state index contributed by atoms with van der Waals surface area (Å²) in [6, 6.07) is 3.62. The van der Waals surface area contributed by atoms with E-state index in [-0.39, 0.29) is 6.09 Å². The van der Waals surface area contributed by atoms with Crippen molar-refractivity contribution in [3.8, 4) is 11.6 Å². The van der Waals surface area contributed by atoms with Crippen LogP contribution in [0.5, 0.6) is 0 Å². The zero-order chi connectivity index (χ0) is 18.0. The lowest BCUT2D eigenvalue weighted by molar-refractivity contribution is 0.0137. The number of halogens is 1. The SMILES string of the molecule is CC(C)(C)OC(=O)N1CCN(Cc2nc(-c3ccc(Br)o3)n[nH]2)CC1. The predicted molar refractivity (Wildman–Crippen MR) is 94.9 cm³/mol. The molecular formula is C16H22BrN5O3. The first-order valence-corrected chi connectivity index (χ1v) is 8.97. The molecule has 1 saturated heterocycles. The Bertz CT molecular complexity index is 728. The molecule has 0 bridgehead atoms. The molecule has 0 aliphatic carbocycles. The van der Waals surface area contributed by atoms with E-state index in [9.17, 15) is 4.79 Å². The summed E-state index contributed by atoms with van der Waals surface area (Å²) in [5, 5.41) is 7.13. The number of nitrogens with one attached hydrogen (secondary N) is 1. The van der Waals surface area contributed by atoms with Gasteiger partial charge in [0, 0.05) is 26.2 Å². The summed E-state index contributed by atoms with van der Waals surface area (Å²) >= 11 is 3.27. The van der Waals surface area contributed by atoms with Gasteiger partial charge in [0.2, 0.25) is 5.82 Å². The quantitative estimate of drug-likeness (QED) is 0.834. The normalized spacial score (nSPS) is 16.2. The molecule has 3 rings (SSSR count). The summed E-state index contributed by atoms with van der Waals surface area (Å²) in [6.07, 6.45) is -0.252. The number of ether oxygens (including phenoxy) is 1. The molecule has 0 radical (unpaired) electrons. The summed E-state index contributed by atoms with van der Waals surface area (Å²) in [6.45, 7) is 9.09. The molecule has 8 nitrogen and oxygen atoms in total. The van der Waals surface area contributed by atoms with Crippen LogP contribution in [0.25, 0.3) is 11.6 Å². The Morgan fingerprint density at radius 1 is 1.32 bits per heavy atom. The van der Waals surface area contributed by atoms with E-state index in [0.29, 0.717) is 35.9 Å². The lowest BCUT2D eigenvalue weighted by Crippen LogP contribution is -2.49. The number of aromatic amines is 1. The summed E-state index contributed by atoms with van der Waals surface area (Å²) in [5.41, 5.74) is -0.467. The van der Waals surface area contributed by atoms with Gasteiger partial charge in [0.1, 0.15) is 11.4 Å². The topological polar surface area (TPSA) is 87.5 Å². The average molecular weight is 412 g/mol. The first-order valence-electron chi connectivity index (χ1n) is 8.17. The molecule has 0 saturated carbocycles. The minimum absolute atomic E-state index is 0.252. The van der Waals surface area contributed by atoms with Crippen molar-refractivity contribution in [1.29, 1.82) is 0 Å². The number of furan rings is 1. The van der Waals surface area contributed by atoms with Crippen LogP contribution in [0.4, 0.5) is 4.79 Å². The van der Waals surface area contributed by atoms with Gasteiger partial charge >= 0.3 is 6.09 Å². The maximum Gasteiger partial charge on any atom is 0.410 e. The highest BCUT2D eigenvalue weighted by atomic mass is 79.9. The molecule has 2 aromatic rings. The van der Waals surface area contributed by atoms with E-state index in [2.05, 4.69) is 36.0 Å². The number of aromatic nitrogens is 3. The van der Waals surface area contributed by atoms with Crippen molar-refractivity contribution in [1.82, 2.24) is 25.0 Å². The predicted octanol–water partition coefficient (Wildman–Crippen LogP) is 2.88. The van der Waals surface area contributed by atoms with E-state index in [0.717, 1.165) is 18.9 Å². The maximum absolute atomic E-state index is 12.1. The maximum atomic E-state index is 12.1. The average Bonchev–Trinajstić information content (AvgIpc) is 3.15. The summed E-state index contributed by atoms with van der Waals surface area (Å²) in [5.74, 6) is 1.92. The minimum atomic E-state index is -0.467. The Morgan fingerprint density at radius 2 is 2.04 bits per heavy atom. The van der Waals surface area contributed by atoms with Crippen LogP contribution in [-0.4, -0.2) is 62.9 Å². The second kappa shape index (κ2) is 7.17. The van der Waals surface area contributed by atoms with E-state index in [1.807, 2.05) is 26.8 Å². The van der Waals surface area contributed by atoms with Crippen molar-refractivity contribution in [3.05, 3.63) is 22.6 Å². The van der Waals surface area contributed by atoms with Gasteiger partial charge in [-0.3, -0.25) is 10.00 Å². The van der Waals surface area contributed by atoms with Crippen molar-refractivity contribution in [2.45, 2.75) is 32.9 Å². The van der Waals surface area contributed by atoms with Crippen molar-refractivity contribution in [2.75, 3.05) is 26.2 Å². The van der Waals surface area contributed by atoms with Gasteiger partial charge in [-0.05, 0) is 48.8 Å². The molecule has 0 atom stereocenters. The molecule has 1 aliphatic heterocycles. The van der Waals surface area contributed by atoms with Crippen LogP contribution in [0.2, 0.25) is 0 Å². The van der Waals surface area contributed by atoms with Crippen LogP contribution in [0.1, 0.15) is 26.6 Å². The molecule has 0 unspecified atom stereocenters. The fraction of sp³-hybridized carbons (Fsp3) is 0.562. The molecule has 1 aliphatic rings. The van der Waals surface area contributed by atoms with Crippen molar-refractivity contribution < 1.29 is 13.9 Å². The van der Waals surface area contributed by atoms with Crippen LogP contribution in [0, 0.1) is 0 Å². The monoisotopic (exact) mass is 411 g/mol. The highest BCUT2D eigenvalue weighted by molar-refractivity contribution is 9.10. The molecule has 1 amide bonds. The summed E-state index contributed by atoms with van der Waals surface area (Å²) in [4.78, 5) is 20.5. The number of rotatable bonds is 3. The highest BCUT2D eigenvalue weighted by Gasteiger charge is 2.26. The van der Waals surface area contributed by atoms with Crippen LogP contribution < -0.4 is 0 Å². The molecule has 136 valence electrons. The third kappa shape index (κ3) is 4.82. The molecule has 0 spiro atoms. The fourth-order valence-electron chi connectivity index (χ4n) is 2.54. The Morgan fingerprint density at radius 3 is 2.64 bits per heavy atom. The van der Waals surface area contributed by atoms with E-state index < -0.39 is 5.60 Å². The van der Waals surface area contributed by atoms with Gasteiger partial charge in [-0.15, -0.1) is 5.10 Å². The third-order valence-electron chi connectivity index (χ3n) is 3.72. The molecule has 1 fully saturated rings. The van der Waals surface area contributed by atoms with Gasteiger partial charge in [-0.1, -0.05) is 0 Å². The van der Waals surface area contributed by atoms with Gasteiger partial charge in [0.05, 0.1) is 6.54 Å². The highest BCUT2D eigenvalue weighted by Crippen LogP contribution is 2.22. The lowest BCUT2D eigenvalue weighted by Gasteiger charge is -2.35. The number of piperazine rings is 1.